The molecule has 0 bridgehead atoms. The average Bonchev–Trinajstić information content (AvgIpc) is 3.13. The third-order valence-electron chi connectivity index (χ3n) is 5.33. The molecule has 0 aliphatic carbocycles. The first kappa shape index (κ1) is 20.3. The number of aromatic hydroxyl groups is 2. The minimum atomic E-state index is -0.360. The number of ether oxygens (including phenoxy) is 4. The SMILES string of the molecule is COc1cc([C@@H](OC)[C@@H]2CO[C@H](c3ccc(O)c(OC)c3)[C@@H]2CO)ccc1O. The van der Waals surface area contributed by atoms with Crippen LogP contribution in [-0.2, 0) is 9.47 Å². The minimum Gasteiger partial charge on any atom is -0.504 e. The van der Waals surface area contributed by atoms with Gasteiger partial charge in [-0.3, -0.25) is 0 Å². The fourth-order valence-corrected chi connectivity index (χ4v) is 3.87. The molecule has 2 aromatic carbocycles. The van der Waals surface area contributed by atoms with Gasteiger partial charge in [-0.25, -0.2) is 0 Å². The Labute approximate surface area is 164 Å². The van der Waals surface area contributed by atoms with Crippen molar-refractivity contribution in [1.82, 2.24) is 0 Å². The number of hydrogen-bond donors (Lipinski definition) is 3. The summed E-state index contributed by atoms with van der Waals surface area (Å²) in [5.41, 5.74) is 1.64. The van der Waals surface area contributed by atoms with Gasteiger partial charge in [-0.05, 0) is 35.4 Å². The molecule has 3 N–H and O–H groups in total. The Balaban J connectivity index is 1.90. The highest BCUT2D eigenvalue weighted by Gasteiger charge is 2.43. The van der Waals surface area contributed by atoms with Crippen LogP contribution in [-0.4, -0.2) is 49.9 Å². The Morgan fingerprint density at radius 2 is 1.64 bits per heavy atom. The zero-order chi connectivity index (χ0) is 20.3. The van der Waals surface area contributed by atoms with Crippen molar-refractivity contribution in [2.75, 3.05) is 34.5 Å². The summed E-state index contributed by atoms with van der Waals surface area (Å²) in [6, 6.07) is 10.1. The fourth-order valence-electron chi connectivity index (χ4n) is 3.87. The summed E-state index contributed by atoms with van der Waals surface area (Å²) >= 11 is 0. The molecule has 3 rings (SSSR count). The molecule has 0 saturated carbocycles. The van der Waals surface area contributed by atoms with E-state index in [4.69, 9.17) is 18.9 Å². The molecule has 1 heterocycles. The number of aliphatic hydroxyl groups excluding tert-OH is 1. The van der Waals surface area contributed by atoms with Crippen molar-refractivity contribution in [3.8, 4) is 23.0 Å². The highest BCUT2D eigenvalue weighted by Crippen LogP contribution is 2.46. The smallest absolute Gasteiger partial charge is 0.160 e. The van der Waals surface area contributed by atoms with Crippen molar-refractivity contribution in [2.45, 2.75) is 12.2 Å². The molecule has 0 aromatic heterocycles. The predicted molar refractivity (Wildman–Crippen MR) is 102 cm³/mol. The molecule has 0 radical (unpaired) electrons. The Morgan fingerprint density at radius 3 is 2.25 bits per heavy atom. The number of phenols is 2. The zero-order valence-electron chi connectivity index (χ0n) is 16.2. The third kappa shape index (κ3) is 3.73. The summed E-state index contributed by atoms with van der Waals surface area (Å²) in [4.78, 5) is 0. The van der Waals surface area contributed by atoms with E-state index >= 15 is 0 Å². The summed E-state index contributed by atoms with van der Waals surface area (Å²) in [7, 11) is 4.58. The summed E-state index contributed by atoms with van der Waals surface area (Å²) in [5, 5.41) is 29.8. The van der Waals surface area contributed by atoms with Gasteiger partial charge in [0.25, 0.3) is 0 Å². The number of phenolic OH excluding ortho intramolecular Hbond substituents is 2. The first-order chi connectivity index (χ1) is 13.5. The monoisotopic (exact) mass is 390 g/mol. The molecule has 7 heteroatoms. The van der Waals surface area contributed by atoms with Crippen LogP contribution in [0.1, 0.15) is 23.3 Å². The van der Waals surface area contributed by atoms with E-state index in [0.29, 0.717) is 18.1 Å². The molecular formula is C21H26O7. The second-order valence-corrected chi connectivity index (χ2v) is 6.78. The van der Waals surface area contributed by atoms with Crippen molar-refractivity contribution in [3.05, 3.63) is 47.5 Å². The van der Waals surface area contributed by atoms with E-state index in [-0.39, 0.29) is 42.1 Å². The maximum Gasteiger partial charge on any atom is 0.160 e. The van der Waals surface area contributed by atoms with Crippen molar-refractivity contribution in [1.29, 1.82) is 0 Å². The summed E-state index contributed by atoms with van der Waals surface area (Å²) in [6.45, 7) is 0.300. The third-order valence-corrected chi connectivity index (χ3v) is 5.33. The Kier molecular flexibility index (Phi) is 6.28. The van der Waals surface area contributed by atoms with Gasteiger partial charge >= 0.3 is 0 Å². The molecule has 152 valence electrons. The van der Waals surface area contributed by atoms with Crippen molar-refractivity contribution >= 4 is 0 Å². The standard InChI is InChI=1S/C21H26O7/c1-25-18-8-12(4-6-16(18)23)20(27-3)15-11-28-21(14(15)10-22)13-5-7-17(24)19(9-13)26-2/h4-9,14-15,20-24H,10-11H2,1-3H3/t14-,15-,20-,21-/m1/s1. The molecule has 0 unspecified atom stereocenters. The summed E-state index contributed by atoms with van der Waals surface area (Å²) in [5.74, 6) is 0.475. The lowest BCUT2D eigenvalue weighted by atomic mass is 9.82. The Bertz CT molecular complexity index is 807. The van der Waals surface area contributed by atoms with Crippen molar-refractivity contribution in [2.24, 2.45) is 11.8 Å². The van der Waals surface area contributed by atoms with Crippen LogP contribution in [0.15, 0.2) is 36.4 Å². The number of methoxy groups -OCH3 is 3. The van der Waals surface area contributed by atoms with E-state index in [1.807, 2.05) is 0 Å². The van der Waals surface area contributed by atoms with Crippen LogP contribution >= 0.6 is 0 Å². The van der Waals surface area contributed by atoms with E-state index in [9.17, 15) is 15.3 Å². The summed E-state index contributed by atoms with van der Waals surface area (Å²) in [6.07, 6.45) is -0.711. The number of hydrogen-bond acceptors (Lipinski definition) is 7. The largest absolute Gasteiger partial charge is 0.504 e. The fraction of sp³-hybridized carbons (Fsp3) is 0.429. The van der Waals surface area contributed by atoms with E-state index in [1.54, 1.807) is 43.5 Å². The number of aliphatic hydroxyl groups is 1. The van der Waals surface area contributed by atoms with Crippen LogP contribution in [0.4, 0.5) is 0 Å². The topological polar surface area (TPSA) is 97.6 Å². The van der Waals surface area contributed by atoms with Crippen molar-refractivity contribution < 1.29 is 34.3 Å². The van der Waals surface area contributed by atoms with Crippen molar-refractivity contribution in [3.63, 3.8) is 0 Å². The van der Waals surface area contributed by atoms with Crippen LogP contribution in [0.25, 0.3) is 0 Å². The van der Waals surface area contributed by atoms with Gasteiger partial charge in [-0.1, -0.05) is 12.1 Å². The molecule has 28 heavy (non-hydrogen) atoms. The summed E-state index contributed by atoms with van der Waals surface area (Å²) < 4.78 is 22.2. The lowest BCUT2D eigenvalue weighted by Gasteiger charge is -2.28. The van der Waals surface area contributed by atoms with Crippen LogP contribution in [0.3, 0.4) is 0 Å². The molecule has 1 fully saturated rings. The van der Waals surface area contributed by atoms with Gasteiger partial charge in [0.2, 0.25) is 0 Å². The molecule has 4 atom stereocenters. The van der Waals surface area contributed by atoms with Crippen LogP contribution in [0.2, 0.25) is 0 Å². The molecule has 0 spiro atoms. The van der Waals surface area contributed by atoms with Gasteiger partial charge in [0.15, 0.2) is 23.0 Å². The van der Waals surface area contributed by atoms with Gasteiger partial charge in [0, 0.05) is 25.6 Å². The maximum atomic E-state index is 10.1. The zero-order valence-corrected chi connectivity index (χ0v) is 16.2. The lowest BCUT2D eigenvalue weighted by molar-refractivity contribution is 0.0242. The molecule has 0 amide bonds. The average molecular weight is 390 g/mol. The molecule has 1 aliphatic heterocycles. The molecule has 2 aromatic rings. The van der Waals surface area contributed by atoms with E-state index < -0.39 is 0 Å². The van der Waals surface area contributed by atoms with E-state index in [0.717, 1.165) is 11.1 Å². The van der Waals surface area contributed by atoms with Crippen LogP contribution in [0.5, 0.6) is 23.0 Å². The Hall–Kier alpha value is -2.48. The first-order valence-electron chi connectivity index (χ1n) is 9.03. The van der Waals surface area contributed by atoms with Gasteiger partial charge < -0.3 is 34.3 Å². The minimum absolute atomic E-state index is 0.0484. The van der Waals surface area contributed by atoms with Gasteiger partial charge in [0.05, 0.1) is 33.0 Å². The second-order valence-electron chi connectivity index (χ2n) is 6.78. The first-order valence-corrected chi connectivity index (χ1v) is 9.03. The second kappa shape index (κ2) is 8.68. The highest BCUT2D eigenvalue weighted by molar-refractivity contribution is 5.44. The van der Waals surface area contributed by atoms with Crippen LogP contribution < -0.4 is 9.47 Å². The van der Waals surface area contributed by atoms with Gasteiger partial charge in [-0.2, -0.15) is 0 Å². The lowest BCUT2D eigenvalue weighted by Crippen LogP contribution is -2.26. The Morgan fingerprint density at radius 1 is 1.00 bits per heavy atom. The highest BCUT2D eigenvalue weighted by atomic mass is 16.5. The van der Waals surface area contributed by atoms with Gasteiger partial charge in [0.1, 0.15) is 0 Å². The number of benzene rings is 2. The molecule has 1 aliphatic rings. The normalized spacial score (nSPS) is 22.8. The number of rotatable bonds is 7. The molecule has 1 saturated heterocycles. The predicted octanol–water partition coefficient (Wildman–Crippen LogP) is 2.80. The quantitative estimate of drug-likeness (QED) is 0.669. The van der Waals surface area contributed by atoms with Crippen LogP contribution in [0, 0.1) is 11.8 Å². The van der Waals surface area contributed by atoms with E-state index in [2.05, 4.69) is 0 Å². The van der Waals surface area contributed by atoms with Gasteiger partial charge in [-0.15, -0.1) is 0 Å². The van der Waals surface area contributed by atoms with E-state index in [1.165, 1.54) is 14.2 Å². The maximum absolute atomic E-state index is 10.1. The molecular weight excluding hydrogens is 364 g/mol. The molecule has 7 nitrogen and oxygen atoms in total.